The summed E-state index contributed by atoms with van der Waals surface area (Å²) in [6.07, 6.45) is -1.05. The van der Waals surface area contributed by atoms with E-state index in [0.29, 0.717) is 22.5 Å². The van der Waals surface area contributed by atoms with Crippen molar-refractivity contribution in [2.24, 2.45) is 0 Å². The van der Waals surface area contributed by atoms with Crippen LogP contribution in [0.15, 0.2) is 65.6 Å². The number of aliphatic carboxylic acids is 1. The first-order valence-corrected chi connectivity index (χ1v) is 12.9. The number of anilines is 2. The first-order chi connectivity index (χ1) is 16.6. The van der Waals surface area contributed by atoms with Gasteiger partial charge < -0.3 is 24.2 Å². The van der Waals surface area contributed by atoms with Crippen molar-refractivity contribution < 1.29 is 32.5 Å². The van der Waals surface area contributed by atoms with E-state index in [0.717, 1.165) is 0 Å². The van der Waals surface area contributed by atoms with Gasteiger partial charge in [0, 0.05) is 40.2 Å². The molecule has 1 aliphatic rings. The number of benzene rings is 3. The maximum absolute atomic E-state index is 13.2. The van der Waals surface area contributed by atoms with Crippen LogP contribution >= 0.6 is 10.7 Å². The van der Waals surface area contributed by atoms with Crippen LogP contribution in [0.25, 0.3) is 0 Å². The van der Waals surface area contributed by atoms with Gasteiger partial charge in [-0.05, 0) is 31.2 Å². The molecular formula is C25H24ClNO7S. The lowest BCUT2D eigenvalue weighted by molar-refractivity contribution is -0.145. The summed E-state index contributed by atoms with van der Waals surface area (Å²) in [6, 6.07) is 17.0. The molecule has 184 valence electrons. The van der Waals surface area contributed by atoms with Gasteiger partial charge in [-0.1, -0.05) is 36.4 Å². The van der Waals surface area contributed by atoms with Crippen LogP contribution in [-0.4, -0.2) is 46.9 Å². The minimum Gasteiger partial charge on any atom is -0.493 e. The number of rotatable bonds is 7. The van der Waals surface area contributed by atoms with E-state index < -0.39 is 26.5 Å². The van der Waals surface area contributed by atoms with Gasteiger partial charge in [0.1, 0.15) is 11.0 Å². The molecular weight excluding hydrogens is 494 g/mol. The van der Waals surface area contributed by atoms with Crippen molar-refractivity contribution in [3.8, 4) is 17.2 Å². The third kappa shape index (κ3) is 3.75. The second-order valence-electron chi connectivity index (χ2n) is 8.03. The summed E-state index contributed by atoms with van der Waals surface area (Å²) in [5.41, 5.74) is 0.826. The Bertz CT molecular complexity index is 1360. The SMILES string of the molecule is COc1ccc(S(=O)(=O)Cl)c(OC)c1OC(C)C1(C(=O)O)c2ccccc2N(C)c2ccccc21. The highest BCUT2D eigenvalue weighted by Crippen LogP contribution is 2.52. The molecule has 0 bridgehead atoms. The van der Waals surface area contributed by atoms with Crippen LogP contribution in [-0.2, 0) is 19.3 Å². The van der Waals surface area contributed by atoms with Gasteiger partial charge >= 0.3 is 5.97 Å². The standard InChI is InChI=1S/C25H24ClNO7S/c1-15(34-22-20(32-3)13-14-21(23(22)33-4)35(26,30)31)25(24(28)29)16-9-5-7-11-18(16)27(2)19-12-8-6-10-17(19)25/h5-15H,1-4H3,(H,28,29). The van der Waals surface area contributed by atoms with E-state index in [1.807, 2.05) is 36.2 Å². The van der Waals surface area contributed by atoms with Gasteiger partial charge in [-0.3, -0.25) is 4.79 Å². The molecule has 3 aromatic carbocycles. The fourth-order valence-corrected chi connectivity index (χ4v) is 5.76. The van der Waals surface area contributed by atoms with Crippen LogP contribution in [0.5, 0.6) is 17.2 Å². The molecule has 3 aromatic rings. The first kappa shape index (κ1) is 24.7. The summed E-state index contributed by atoms with van der Waals surface area (Å²) >= 11 is 0. The minimum absolute atomic E-state index is 0.0706. The predicted octanol–water partition coefficient (Wildman–Crippen LogP) is 4.55. The molecule has 0 saturated carbocycles. The van der Waals surface area contributed by atoms with E-state index >= 15 is 0 Å². The monoisotopic (exact) mass is 517 g/mol. The largest absolute Gasteiger partial charge is 0.493 e. The Hall–Kier alpha value is -3.43. The number of halogens is 1. The third-order valence-corrected chi connectivity index (χ3v) is 7.69. The van der Waals surface area contributed by atoms with E-state index in [-0.39, 0.29) is 22.1 Å². The predicted molar refractivity (Wildman–Crippen MR) is 132 cm³/mol. The molecule has 1 heterocycles. The molecule has 0 fully saturated rings. The summed E-state index contributed by atoms with van der Waals surface area (Å²) < 4.78 is 41.4. The molecule has 1 unspecified atom stereocenters. The molecule has 1 aliphatic heterocycles. The molecule has 0 spiro atoms. The number of carboxylic acid groups (broad SMARTS) is 1. The van der Waals surface area contributed by atoms with E-state index in [2.05, 4.69) is 0 Å². The second-order valence-corrected chi connectivity index (χ2v) is 10.6. The zero-order valence-corrected chi connectivity index (χ0v) is 21.1. The highest BCUT2D eigenvalue weighted by Gasteiger charge is 2.54. The van der Waals surface area contributed by atoms with E-state index in [1.165, 1.54) is 26.4 Å². The molecule has 8 nitrogen and oxygen atoms in total. The molecule has 0 amide bonds. The normalized spacial score (nSPS) is 14.9. The Kier molecular flexibility index (Phi) is 6.33. The Morgan fingerprint density at radius 3 is 1.94 bits per heavy atom. The van der Waals surface area contributed by atoms with Crippen molar-refractivity contribution in [2.75, 3.05) is 26.2 Å². The van der Waals surface area contributed by atoms with Crippen molar-refractivity contribution in [3.05, 3.63) is 71.8 Å². The topological polar surface area (TPSA) is 102 Å². The number of para-hydroxylation sites is 2. The summed E-state index contributed by atoms with van der Waals surface area (Å²) in [6.45, 7) is 1.62. The molecule has 1 N–H and O–H groups in total. The average molecular weight is 518 g/mol. The fraction of sp³-hybridized carbons (Fsp3) is 0.240. The van der Waals surface area contributed by atoms with Crippen molar-refractivity contribution in [2.45, 2.75) is 23.3 Å². The highest BCUT2D eigenvalue weighted by atomic mass is 35.7. The average Bonchev–Trinajstić information content (AvgIpc) is 2.83. The lowest BCUT2D eigenvalue weighted by atomic mass is 9.67. The third-order valence-electron chi connectivity index (χ3n) is 6.35. The minimum atomic E-state index is -4.20. The number of ether oxygens (including phenoxy) is 3. The van der Waals surface area contributed by atoms with Crippen LogP contribution in [0.3, 0.4) is 0 Å². The number of carboxylic acids is 1. The van der Waals surface area contributed by atoms with Gasteiger partial charge in [-0.25, -0.2) is 8.42 Å². The molecule has 10 heteroatoms. The van der Waals surface area contributed by atoms with Gasteiger partial charge in [0.2, 0.25) is 5.75 Å². The Balaban J connectivity index is 1.99. The summed E-state index contributed by atoms with van der Waals surface area (Å²) in [5, 5.41) is 10.8. The number of methoxy groups -OCH3 is 2. The molecule has 1 atom stereocenters. The summed E-state index contributed by atoms with van der Waals surface area (Å²) in [4.78, 5) is 14.8. The van der Waals surface area contributed by atoms with Crippen LogP contribution in [0.2, 0.25) is 0 Å². The zero-order chi connectivity index (χ0) is 25.5. The molecule has 0 saturated heterocycles. The number of hydrogen-bond acceptors (Lipinski definition) is 7. The van der Waals surface area contributed by atoms with Crippen molar-refractivity contribution >= 4 is 37.1 Å². The number of nitrogens with zero attached hydrogens (tertiary/aromatic N) is 1. The van der Waals surface area contributed by atoms with Crippen LogP contribution in [0, 0.1) is 0 Å². The lowest BCUT2D eigenvalue weighted by Crippen LogP contribution is -2.52. The summed E-state index contributed by atoms with van der Waals surface area (Å²) in [7, 11) is 5.94. The maximum Gasteiger partial charge on any atom is 0.322 e. The summed E-state index contributed by atoms with van der Waals surface area (Å²) in [5.74, 6) is -1.22. The van der Waals surface area contributed by atoms with Gasteiger partial charge in [0.15, 0.2) is 16.9 Å². The van der Waals surface area contributed by atoms with Crippen molar-refractivity contribution in [3.63, 3.8) is 0 Å². The number of carbonyl (C=O) groups is 1. The maximum atomic E-state index is 13.2. The molecule has 0 radical (unpaired) electrons. The van der Waals surface area contributed by atoms with E-state index in [4.69, 9.17) is 24.9 Å². The zero-order valence-electron chi connectivity index (χ0n) is 19.5. The van der Waals surface area contributed by atoms with E-state index in [1.54, 1.807) is 31.2 Å². The van der Waals surface area contributed by atoms with Crippen LogP contribution < -0.4 is 19.1 Å². The van der Waals surface area contributed by atoms with Crippen LogP contribution in [0.4, 0.5) is 11.4 Å². The van der Waals surface area contributed by atoms with Crippen molar-refractivity contribution in [1.29, 1.82) is 0 Å². The van der Waals surface area contributed by atoms with Crippen molar-refractivity contribution in [1.82, 2.24) is 0 Å². The molecule has 4 rings (SSSR count). The first-order valence-electron chi connectivity index (χ1n) is 10.6. The smallest absolute Gasteiger partial charge is 0.322 e. The van der Waals surface area contributed by atoms with Gasteiger partial charge in [0.05, 0.1) is 14.2 Å². The Labute approximate surface area is 208 Å². The van der Waals surface area contributed by atoms with Crippen LogP contribution in [0.1, 0.15) is 18.1 Å². The Morgan fingerprint density at radius 1 is 0.943 bits per heavy atom. The number of hydrogen-bond donors (Lipinski definition) is 1. The fourth-order valence-electron chi connectivity index (χ4n) is 4.77. The second kappa shape index (κ2) is 8.98. The van der Waals surface area contributed by atoms with E-state index in [9.17, 15) is 18.3 Å². The van der Waals surface area contributed by atoms with Gasteiger partial charge in [0.25, 0.3) is 9.05 Å². The molecule has 35 heavy (non-hydrogen) atoms. The Morgan fingerprint density at radius 2 is 1.49 bits per heavy atom. The lowest BCUT2D eigenvalue weighted by Gasteiger charge is -2.44. The van der Waals surface area contributed by atoms with Gasteiger partial charge in [-0.15, -0.1) is 0 Å². The molecule has 0 aliphatic carbocycles. The van der Waals surface area contributed by atoms with Gasteiger partial charge in [-0.2, -0.15) is 0 Å². The number of fused-ring (bicyclic) bond motifs is 2. The highest BCUT2D eigenvalue weighted by molar-refractivity contribution is 8.13. The molecule has 0 aromatic heterocycles. The quantitative estimate of drug-likeness (QED) is 0.455.